The Kier molecular flexibility index (Phi) is 2.68. The van der Waals surface area contributed by atoms with Gasteiger partial charge in [-0.25, -0.2) is 4.39 Å². The molecule has 0 spiro atoms. The number of hydrogen-bond acceptors (Lipinski definition) is 2. The molecule has 2 atom stereocenters. The summed E-state index contributed by atoms with van der Waals surface area (Å²) in [5, 5.41) is 11.9. The smallest absolute Gasteiger partial charge is 0.321 e. The van der Waals surface area contributed by atoms with Crippen molar-refractivity contribution < 1.29 is 14.3 Å². The number of carbonyl (C=O) groups is 1. The van der Waals surface area contributed by atoms with E-state index in [2.05, 4.69) is 5.32 Å². The Morgan fingerprint density at radius 3 is 3.00 bits per heavy atom. The molecule has 1 aromatic carbocycles. The van der Waals surface area contributed by atoms with Gasteiger partial charge in [-0.2, -0.15) is 0 Å². The Morgan fingerprint density at radius 2 is 2.33 bits per heavy atom. The maximum Gasteiger partial charge on any atom is 0.321 e. The fourth-order valence-corrected chi connectivity index (χ4v) is 2.06. The van der Waals surface area contributed by atoms with Crippen LogP contribution in [-0.2, 0) is 4.79 Å². The molecule has 0 bridgehead atoms. The van der Waals surface area contributed by atoms with Gasteiger partial charge < -0.3 is 10.4 Å². The lowest BCUT2D eigenvalue weighted by molar-refractivity contribution is -0.139. The van der Waals surface area contributed by atoms with Gasteiger partial charge in [-0.05, 0) is 30.7 Å². The quantitative estimate of drug-likeness (QED) is 0.773. The summed E-state index contributed by atoms with van der Waals surface area (Å²) in [5.74, 6) is -1.32. The Morgan fingerprint density at radius 1 is 1.53 bits per heavy atom. The number of benzene rings is 1. The fraction of sp³-hybridized carbons (Fsp3) is 0.364. The maximum absolute atomic E-state index is 13.0. The van der Waals surface area contributed by atoms with Crippen molar-refractivity contribution in [3.8, 4) is 0 Å². The van der Waals surface area contributed by atoms with E-state index in [9.17, 15) is 9.18 Å². The number of nitrogens with one attached hydrogen (secondary N) is 1. The van der Waals surface area contributed by atoms with Crippen LogP contribution in [0.5, 0.6) is 0 Å². The van der Waals surface area contributed by atoms with Gasteiger partial charge in [0.25, 0.3) is 0 Å². The van der Waals surface area contributed by atoms with Crippen molar-refractivity contribution in [2.24, 2.45) is 0 Å². The van der Waals surface area contributed by atoms with Crippen LogP contribution in [0.1, 0.15) is 17.9 Å². The summed E-state index contributed by atoms with van der Waals surface area (Å²) in [6.45, 7) is 0.665. The molecule has 4 heteroatoms. The largest absolute Gasteiger partial charge is 0.480 e. The highest BCUT2D eigenvalue weighted by molar-refractivity contribution is 5.75. The third-order valence-corrected chi connectivity index (χ3v) is 2.76. The van der Waals surface area contributed by atoms with Gasteiger partial charge >= 0.3 is 5.97 Å². The number of hydrogen-bond donors (Lipinski definition) is 2. The van der Waals surface area contributed by atoms with Crippen LogP contribution >= 0.6 is 0 Å². The highest BCUT2D eigenvalue weighted by Crippen LogP contribution is 2.28. The van der Waals surface area contributed by atoms with Crippen LogP contribution in [0.25, 0.3) is 0 Å². The molecule has 1 fully saturated rings. The summed E-state index contributed by atoms with van der Waals surface area (Å²) < 4.78 is 13.0. The second-order valence-corrected chi connectivity index (χ2v) is 3.72. The van der Waals surface area contributed by atoms with E-state index in [0.29, 0.717) is 6.54 Å². The number of rotatable bonds is 2. The van der Waals surface area contributed by atoms with Crippen LogP contribution in [0, 0.1) is 5.82 Å². The van der Waals surface area contributed by atoms with Crippen molar-refractivity contribution in [3.63, 3.8) is 0 Å². The van der Waals surface area contributed by atoms with Crippen LogP contribution < -0.4 is 5.32 Å². The zero-order chi connectivity index (χ0) is 10.8. The first kappa shape index (κ1) is 10.1. The van der Waals surface area contributed by atoms with Gasteiger partial charge in [0.2, 0.25) is 0 Å². The first-order valence-electron chi connectivity index (χ1n) is 4.90. The van der Waals surface area contributed by atoms with E-state index in [-0.39, 0.29) is 11.7 Å². The van der Waals surface area contributed by atoms with Gasteiger partial charge in [-0.15, -0.1) is 0 Å². The van der Waals surface area contributed by atoms with Crippen LogP contribution in [0.3, 0.4) is 0 Å². The van der Waals surface area contributed by atoms with Gasteiger partial charge in [0.05, 0.1) is 0 Å². The average Bonchev–Trinajstić information content (AvgIpc) is 2.65. The molecule has 3 nitrogen and oxygen atoms in total. The molecule has 1 aliphatic rings. The average molecular weight is 209 g/mol. The van der Waals surface area contributed by atoms with Crippen molar-refractivity contribution in [1.82, 2.24) is 5.32 Å². The molecule has 2 rings (SSSR count). The molecule has 0 aliphatic carbocycles. The van der Waals surface area contributed by atoms with E-state index < -0.39 is 12.0 Å². The summed E-state index contributed by atoms with van der Waals surface area (Å²) in [7, 11) is 0. The van der Waals surface area contributed by atoms with Gasteiger partial charge in [-0.1, -0.05) is 12.1 Å². The predicted octanol–water partition coefficient (Wildman–Crippen LogP) is 1.36. The van der Waals surface area contributed by atoms with Crippen molar-refractivity contribution in [3.05, 3.63) is 35.6 Å². The lowest BCUT2D eigenvalue weighted by atomic mass is 9.92. The topological polar surface area (TPSA) is 49.3 Å². The number of carboxylic acids is 1. The van der Waals surface area contributed by atoms with Crippen molar-refractivity contribution in [1.29, 1.82) is 0 Å². The molecule has 2 N–H and O–H groups in total. The Labute approximate surface area is 86.9 Å². The van der Waals surface area contributed by atoms with Crippen LogP contribution in [0.15, 0.2) is 24.3 Å². The maximum atomic E-state index is 13.0. The molecule has 1 aliphatic heterocycles. The normalized spacial score (nSPS) is 25.4. The molecule has 0 radical (unpaired) electrons. The third-order valence-electron chi connectivity index (χ3n) is 2.76. The minimum atomic E-state index is -0.873. The van der Waals surface area contributed by atoms with E-state index in [0.717, 1.165) is 12.0 Å². The monoisotopic (exact) mass is 209 g/mol. The first-order chi connectivity index (χ1) is 7.18. The zero-order valence-electron chi connectivity index (χ0n) is 8.11. The zero-order valence-corrected chi connectivity index (χ0v) is 8.11. The molecule has 1 heterocycles. The SMILES string of the molecule is O=C(O)[C@@H]1NCC[C@H]1c1cccc(F)c1. The standard InChI is InChI=1S/C11H12FNO2/c12-8-3-1-2-7(6-8)9-4-5-13-10(9)11(14)15/h1-3,6,9-10,13H,4-5H2,(H,14,15)/t9-,10+/m0/s1. The molecule has 0 unspecified atom stereocenters. The van der Waals surface area contributed by atoms with E-state index in [1.807, 2.05) is 0 Å². The third kappa shape index (κ3) is 1.99. The minimum Gasteiger partial charge on any atom is -0.480 e. The highest BCUT2D eigenvalue weighted by Gasteiger charge is 2.33. The van der Waals surface area contributed by atoms with Gasteiger partial charge in [0.1, 0.15) is 11.9 Å². The van der Waals surface area contributed by atoms with E-state index in [1.54, 1.807) is 12.1 Å². The summed E-state index contributed by atoms with van der Waals surface area (Å²) in [4.78, 5) is 10.9. The molecule has 1 aromatic rings. The first-order valence-corrected chi connectivity index (χ1v) is 4.90. The van der Waals surface area contributed by atoms with E-state index >= 15 is 0 Å². The lowest BCUT2D eigenvalue weighted by Gasteiger charge is -2.15. The molecule has 80 valence electrons. The molecular formula is C11H12FNO2. The van der Waals surface area contributed by atoms with Gasteiger partial charge in [0.15, 0.2) is 0 Å². The Balaban J connectivity index is 2.26. The molecule has 0 aromatic heterocycles. The predicted molar refractivity (Wildman–Crippen MR) is 53.2 cm³/mol. The summed E-state index contributed by atoms with van der Waals surface area (Å²) in [6.07, 6.45) is 0.737. The van der Waals surface area contributed by atoms with Crippen molar-refractivity contribution in [2.75, 3.05) is 6.54 Å². The van der Waals surface area contributed by atoms with Crippen LogP contribution in [0.4, 0.5) is 4.39 Å². The lowest BCUT2D eigenvalue weighted by Crippen LogP contribution is -2.34. The number of halogens is 1. The van der Waals surface area contributed by atoms with E-state index in [4.69, 9.17) is 5.11 Å². The number of aliphatic carboxylic acids is 1. The number of carboxylic acid groups (broad SMARTS) is 1. The van der Waals surface area contributed by atoms with Crippen LogP contribution in [0.2, 0.25) is 0 Å². The van der Waals surface area contributed by atoms with E-state index in [1.165, 1.54) is 12.1 Å². The fourth-order valence-electron chi connectivity index (χ4n) is 2.06. The Bertz CT molecular complexity index is 381. The summed E-state index contributed by atoms with van der Waals surface area (Å²) in [5.41, 5.74) is 0.757. The minimum absolute atomic E-state index is 0.127. The van der Waals surface area contributed by atoms with Gasteiger partial charge in [0, 0.05) is 5.92 Å². The van der Waals surface area contributed by atoms with Crippen molar-refractivity contribution >= 4 is 5.97 Å². The van der Waals surface area contributed by atoms with Gasteiger partial charge in [-0.3, -0.25) is 4.79 Å². The van der Waals surface area contributed by atoms with Crippen molar-refractivity contribution in [2.45, 2.75) is 18.4 Å². The molecule has 15 heavy (non-hydrogen) atoms. The second kappa shape index (κ2) is 3.98. The second-order valence-electron chi connectivity index (χ2n) is 3.72. The van der Waals surface area contributed by atoms with Crippen LogP contribution in [-0.4, -0.2) is 23.7 Å². The molecular weight excluding hydrogens is 197 g/mol. The summed E-state index contributed by atoms with van der Waals surface area (Å²) >= 11 is 0. The highest BCUT2D eigenvalue weighted by atomic mass is 19.1. The Hall–Kier alpha value is -1.42. The molecule has 0 amide bonds. The molecule has 0 saturated carbocycles. The molecule has 1 saturated heterocycles. The summed E-state index contributed by atoms with van der Waals surface area (Å²) in [6, 6.07) is 5.57.